The quantitative estimate of drug-likeness (QED) is 0.0581. The van der Waals surface area contributed by atoms with Crippen LogP contribution < -0.4 is 31.8 Å². The molecular weight excluding hydrogens is 995 g/mol. The second-order valence-corrected chi connectivity index (χ2v) is 25.5. The molecule has 0 saturated heterocycles. The van der Waals surface area contributed by atoms with E-state index in [4.69, 9.17) is 4.74 Å². The first-order chi connectivity index (χ1) is 37.8. The third kappa shape index (κ3) is 11.1. The van der Waals surface area contributed by atoms with Crippen LogP contribution in [0.4, 0.5) is 0 Å². The smallest absolute Gasteiger partial charge is 0.330 e. The number of hydrogen-bond acceptors (Lipinski definition) is 5. The van der Waals surface area contributed by atoms with E-state index in [1.54, 1.807) is 19.1 Å². The molecular formula is C71H64O5P2. The number of ketones is 1. The van der Waals surface area contributed by atoms with Gasteiger partial charge in [-0.2, -0.15) is 0 Å². The Kier molecular flexibility index (Phi) is 16.8. The molecule has 0 heterocycles. The van der Waals surface area contributed by atoms with Gasteiger partial charge in [-0.15, -0.1) is 0 Å². The van der Waals surface area contributed by atoms with Crippen molar-refractivity contribution in [3.8, 4) is 11.1 Å². The van der Waals surface area contributed by atoms with Gasteiger partial charge in [-0.05, 0) is 88.3 Å². The number of aryl methyl sites for hydroxylation is 2. The first-order valence-electron chi connectivity index (χ1n) is 26.5. The molecule has 10 rings (SSSR count). The van der Waals surface area contributed by atoms with Crippen LogP contribution in [0.5, 0.6) is 0 Å². The van der Waals surface area contributed by atoms with Gasteiger partial charge in [-0.3, -0.25) is 4.79 Å². The summed E-state index contributed by atoms with van der Waals surface area (Å²) in [5.41, 5.74) is 8.23. The Bertz CT molecular complexity index is 3820. The zero-order valence-electron chi connectivity index (χ0n) is 45.1. The maximum atomic E-state index is 16.6. The van der Waals surface area contributed by atoms with Gasteiger partial charge in [-0.25, -0.2) is 4.79 Å². The van der Waals surface area contributed by atoms with E-state index in [1.807, 2.05) is 183 Å². The summed E-state index contributed by atoms with van der Waals surface area (Å²) in [6, 6.07) is 76.3. The maximum Gasteiger partial charge on any atom is 0.330 e. The lowest BCUT2D eigenvalue weighted by atomic mass is 9.78. The number of ether oxygens (including phenoxy) is 1. The Morgan fingerprint density at radius 1 is 0.474 bits per heavy atom. The fourth-order valence-electron chi connectivity index (χ4n) is 10.3. The van der Waals surface area contributed by atoms with Crippen LogP contribution in [-0.4, -0.2) is 11.8 Å². The van der Waals surface area contributed by atoms with Crippen LogP contribution in [0, 0.1) is 13.8 Å². The van der Waals surface area contributed by atoms with E-state index in [0.717, 1.165) is 49.4 Å². The molecule has 10 aromatic carbocycles. The lowest BCUT2D eigenvalue weighted by Crippen LogP contribution is -2.30. The summed E-state index contributed by atoms with van der Waals surface area (Å²) in [6.45, 7) is 12.6. The molecule has 388 valence electrons. The van der Waals surface area contributed by atoms with Crippen molar-refractivity contribution in [3.05, 3.63) is 282 Å². The maximum absolute atomic E-state index is 16.6. The van der Waals surface area contributed by atoms with Gasteiger partial charge in [0.1, 0.15) is 6.61 Å². The van der Waals surface area contributed by atoms with E-state index in [1.165, 1.54) is 22.8 Å². The zero-order chi connectivity index (χ0) is 54.9. The second kappa shape index (κ2) is 24.0. The molecule has 0 fully saturated rings. The monoisotopic (exact) mass is 1060 g/mol. The minimum Gasteiger partial charge on any atom is -0.458 e. The number of carbonyl (C=O) groups is 2. The Morgan fingerprint density at radius 2 is 0.910 bits per heavy atom. The van der Waals surface area contributed by atoms with E-state index in [9.17, 15) is 9.59 Å². The summed E-state index contributed by atoms with van der Waals surface area (Å²) in [4.78, 5) is 23.9. The van der Waals surface area contributed by atoms with Crippen LogP contribution in [0.25, 0.3) is 38.7 Å². The van der Waals surface area contributed by atoms with Crippen LogP contribution >= 0.6 is 14.3 Å². The molecule has 0 unspecified atom stereocenters. The highest BCUT2D eigenvalue weighted by Crippen LogP contribution is 2.52. The highest BCUT2D eigenvalue weighted by Gasteiger charge is 2.38. The van der Waals surface area contributed by atoms with Crippen LogP contribution in [0.1, 0.15) is 67.5 Å². The summed E-state index contributed by atoms with van der Waals surface area (Å²) in [6.07, 6.45) is 7.01. The lowest BCUT2D eigenvalue weighted by molar-refractivity contribution is -0.139. The fourth-order valence-corrected chi connectivity index (χ4v) is 16.0. The Balaban J connectivity index is 0.000000269. The van der Waals surface area contributed by atoms with Gasteiger partial charge < -0.3 is 13.9 Å². The summed E-state index contributed by atoms with van der Waals surface area (Å²) < 4.78 is 38.3. The Hall–Kier alpha value is -8.20. The average molecular weight is 1060 g/mol. The molecule has 78 heavy (non-hydrogen) atoms. The molecule has 0 N–H and O–H groups in total. The average Bonchev–Trinajstić information content (AvgIpc) is 3.68. The molecule has 0 aliphatic rings. The normalized spacial score (nSPS) is 11.9. The van der Waals surface area contributed by atoms with Crippen molar-refractivity contribution >= 4 is 85.5 Å². The summed E-state index contributed by atoms with van der Waals surface area (Å²) in [7, 11) is -7.19. The number of rotatable bonds is 15. The van der Waals surface area contributed by atoms with Gasteiger partial charge in [0.25, 0.3) is 0 Å². The lowest BCUT2D eigenvalue weighted by Gasteiger charge is -2.29. The van der Waals surface area contributed by atoms with Gasteiger partial charge in [0.15, 0.2) is 20.1 Å². The van der Waals surface area contributed by atoms with Gasteiger partial charge in [0, 0.05) is 60.9 Å². The molecule has 0 saturated carbocycles. The standard InChI is InChI=1S/C50H40O3P2.C21H24O2/c1-3-38(51)31-30-37-19-17-29-46-44(37)33-35-48(55(53,41-24-12-6-13-25-41)42-26-14-7-15-27-42)50(46)49-45-28-16-18-36(2)43(45)32-34-47(49)54(52,39-20-8-4-9-21-39)40-22-10-5-11-23-40;1-5-6-20(22)23-15-17-9-13-19(14-10-17)21(3,4)18-11-7-16(2)8-12-18/h4-35H,3H2,1-2H3;5-14H,15H2,1-4H3/b31-30+;6-5+. The Morgan fingerprint density at radius 3 is 1.37 bits per heavy atom. The molecule has 0 aliphatic carbocycles. The molecule has 0 radical (unpaired) electrons. The van der Waals surface area contributed by atoms with E-state index in [0.29, 0.717) is 44.9 Å². The third-order valence-corrected chi connectivity index (χ3v) is 20.9. The van der Waals surface area contributed by atoms with Gasteiger partial charge in [0.05, 0.1) is 0 Å². The van der Waals surface area contributed by atoms with E-state index in [2.05, 4.69) is 88.4 Å². The van der Waals surface area contributed by atoms with Crippen LogP contribution in [0.2, 0.25) is 0 Å². The number of hydrogen-bond donors (Lipinski definition) is 0. The van der Waals surface area contributed by atoms with Crippen LogP contribution in [0.3, 0.4) is 0 Å². The molecule has 7 heteroatoms. The van der Waals surface area contributed by atoms with Gasteiger partial charge >= 0.3 is 5.97 Å². The van der Waals surface area contributed by atoms with Crippen molar-refractivity contribution in [2.24, 2.45) is 0 Å². The molecule has 10 aromatic rings. The van der Waals surface area contributed by atoms with Crippen molar-refractivity contribution in [3.63, 3.8) is 0 Å². The predicted octanol–water partition coefficient (Wildman–Crippen LogP) is 15.2. The van der Waals surface area contributed by atoms with Crippen molar-refractivity contribution in [2.45, 2.75) is 60.0 Å². The van der Waals surface area contributed by atoms with E-state index >= 15 is 9.13 Å². The minimum absolute atomic E-state index is 0.0324. The van der Waals surface area contributed by atoms with Crippen molar-refractivity contribution < 1.29 is 23.5 Å². The molecule has 0 aliphatic heterocycles. The van der Waals surface area contributed by atoms with Crippen LogP contribution in [-0.2, 0) is 35.5 Å². The number of fused-ring (bicyclic) bond motifs is 2. The largest absolute Gasteiger partial charge is 0.458 e. The molecule has 0 atom stereocenters. The van der Waals surface area contributed by atoms with Gasteiger partial charge in [0.2, 0.25) is 0 Å². The number of benzene rings is 10. The highest BCUT2D eigenvalue weighted by molar-refractivity contribution is 7.86. The first kappa shape index (κ1) is 54.6. The topological polar surface area (TPSA) is 77.5 Å². The van der Waals surface area contributed by atoms with Crippen molar-refractivity contribution in [2.75, 3.05) is 0 Å². The molecule has 0 bridgehead atoms. The van der Waals surface area contributed by atoms with Crippen LogP contribution in [0.15, 0.2) is 249 Å². The summed E-state index contributed by atoms with van der Waals surface area (Å²) in [5.74, 6) is -0.276. The molecule has 5 nitrogen and oxygen atoms in total. The number of allylic oxidation sites excluding steroid dienone is 2. The molecule has 0 spiro atoms. The third-order valence-electron chi connectivity index (χ3n) is 14.7. The summed E-state index contributed by atoms with van der Waals surface area (Å²) >= 11 is 0. The number of esters is 1. The summed E-state index contributed by atoms with van der Waals surface area (Å²) in [5, 5.41) is 7.89. The van der Waals surface area contributed by atoms with Crippen molar-refractivity contribution in [1.82, 2.24) is 0 Å². The van der Waals surface area contributed by atoms with Crippen molar-refractivity contribution in [1.29, 1.82) is 0 Å². The highest BCUT2D eigenvalue weighted by atomic mass is 31.2. The SMILES string of the molecule is C/C=C/C(=O)OCc1ccc(C(C)(C)c2ccc(C)cc2)cc1.CCC(=O)/C=C/c1cccc2c(-c3c(P(=O)(c4ccccc4)c4ccccc4)ccc4c(C)cccc34)c(P(=O)(c3ccccc3)c3ccccc3)ccc12. The Labute approximate surface area is 459 Å². The van der Waals surface area contributed by atoms with E-state index in [-0.39, 0.29) is 17.2 Å². The fraction of sp³-hybridized carbons (Fsp3) is 0.127. The number of carbonyl (C=O) groups excluding carboxylic acids is 2. The zero-order valence-corrected chi connectivity index (χ0v) is 46.9. The molecule has 0 amide bonds. The second-order valence-electron chi connectivity index (χ2n) is 20.0. The first-order valence-corrected chi connectivity index (χ1v) is 29.9. The minimum atomic E-state index is -3.60. The molecule has 0 aromatic heterocycles. The van der Waals surface area contributed by atoms with E-state index < -0.39 is 14.3 Å². The van der Waals surface area contributed by atoms with Gasteiger partial charge in [-0.1, -0.05) is 257 Å². The predicted molar refractivity (Wildman–Crippen MR) is 329 cm³/mol.